The Kier molecular flexibility index (Phi) is 12.8. The standard InChI is InChI=1S/C22H29F2N3O3.HI/c1-4-25-22(26-14-17-6-8-19(9-7-17)29-12-11-28-3)27-15-18-13-16(2)5-10-20(18)30-21(23)24;/h5-10,13,21H,4,11-12,14-15H2,1-3H3,(H2,25,26,27);1H. The number of methoxy groups -OCH3 is 1. The highest BCUT2D eigenvalue weighted by Gasteiger charge is 2.10. The summed E-state index contributed by atoms with van der Waals surface area (Å²) in [7, 11) is 1.63. The monoisotopic (exact) mass is 549 g/mol. The van der Waals surface area contributed by atoms with Crippen molar-refractivity contribution in [3.05, 3.63) is 59.2 Å². The van der Waals surface area contributed by atoms with Crippen LogP contribution in [0.4, 0.5) is 8.78 Å². The Hall–Kier alpha value is -2.14. The number of hydrogen-bond acceptors (Lipinski definition) is 4. The summed E-state index contributed by atoms with van der Waals surface area (Å²) in [5.74, 6) is 1.52. The lowest BCUT2D eigenvalue weighted by Crippen LogP contribution is -2.36. The first kappa shape index (κ1) is 26.9. The van der Waals surface area contributed by atoms with Gasteiger partial charge in [-0.15, -0.1) is 24.0 Å². The largest absolute Gasteiger partial charge is 0.491 e. The number of guanidine groups is 1. The van der Waals surface area contributed by atoms with Gasteiger partial charge < -0.3 is 24.8 Å². The highest BCUT2D eigenvalue weighted by Crippen LogP contribution is 2.22. The summed E-state index contributed by atoms with van der Waals surface area (Å²) < 4.78 is 40.4. The quantitative estimate of drug-likeness (QED) is 0.187. The first-order chi connectivity index (χ1) is 14.5. The molecule has 0 heterocycles. The zero-order valence-corrected chi connectivity index (χ0v) is 20.3. The maximum absolute atomic E-state index is 12.7. The van der Waals surface area contributed by atoms with Gasteiger partial charge in [0.05, 0.1) is 13.2 Å². The summed E-state index contributed by atoms with van der Waals surface area (Å²) >= 11 is 0. The summed E-state index contributed by atoms with van der Waals surface area (Å²) in [6.45, 7) is 3.47. The minimum atomic E-state index is -2.87. The van der Waals surface area contributed by atoms with Gasteiger partial charge in [-0.05, 0) is 37.6 Å². The number of aliphatic imine (C=N–C) groups is 1. The Morgan fingerprint density at radius 1 is 1.06 bits per heavy atom. The van der Waals surface area contributed by atoms with E-state index in [0.717, 1.165) is 16.9 Å². The molecule has 2 rings (SSSR count). The first-order valence-corrected chi connectivity index (χ1v) is 9.79. The molecule has 0 amide bonds. The van der Waals surface area contributed by atoms with Gasteiger partial charge in [-0.3, -0.25) is 0 Å². The van der Waals surface area contributed by atoms with Gasteiger partial charge in [-0.1, -0.05) is 29.8 Å². The minimum absolute atomic E-state index is 0. The lowest BCUT2D eigenvalue weighted by atomic mass is 10.1. The number of rotatable bonds is 11. The topological polar surface area (TPSA) is 64.1 Å². The fourth-order valence-electron chi connectivity index (χ4n) is 2.68. The van der Waals surface area contributed by atoms with Crippen molar-refractivity contribution < 1.29 is 23.0 Å². The number of halogens is 3. The van der Waals surface area contributed by atoms with Crippen LogP contribution in [0.3, 0.4) is 0 Å². The van der Waals surface area contributed by atoms with E-state index in [-0.39, 0.29) is 29.7 Å². The van der Waals surface area contributed by atoms with Crippen LogP contribution in [0.15, 0.2) is 47.5 Å². The maximum Gasteiger partial charge on any atom is 0.387 e. The molecular weight excluding hydrogens is 519 g/mol. The van der Waals surface area contributed by atoms with E-state index in [2.05, 4.69) is 20.4 Å². The number of benzene rings is 2. The minimum Gasteiger partial charge on any atom is -0.491 e. The van der Waals surface area contributed by atoms with Crippen LogP contribution in [-0.4, -0.2) is 39.4 Å². The van der Waals surface area contributed by atoms with Crippen molar-refractivity contribution in [1.82, 2.24) is 10.6 Å². The zero-order valence-electron chi connectivity index (χ0n) is 18.0. The number of alkyl halides is 2. The molecule has 0 saturated carbocycles. The molecule has 6 nitrogen and oxygen atoms in total. The van der Waals surface area contributed by atoms with Crippen molar-refractivity contribution in [2.24, 2.45) is 4.99 Å². The third-order valence-electron chi connectivity index (χ3n) is 4.12. The maximum atomic E-state index is 12.7. The molecule has 2 N–H and O–H groups in total. The van der Waals surface area contributed by atoms with Crippen LogP contribution >= 0.6 is 24.0 Å². The molecule has 0 saturated heterocycles. The normalized spacial score (nSPS) is 11.1. The van der Waals surface area contributed by atoms with Gasteiger partial charge in [0.1, 0.15) is 18.1 Å². The highest BCUT2D eigenvalue weighted by molar-refractivity contribution is 14.0. The highest BCUT2D eigenvalue weighted by atomic mass is 127. The second kappa shape index (κ2) is 14.8. The molecule has 9 heteroatoms. The number of nitrogens with one attached hydrogen (secondary N) is 2. The average molecular weight is 549 g/mol. The fourth-order valence-corrected chi connectivity index (χ4v) is 2.68. The molecule has 0 spiro atoms. The number of aryl methyl sites for hydroxylation is 1. The van der Waals surface area contributed by atoms with E-state index in [4.69, 9.17) is 9.47 Å². The number of hydrogen-bond donors (Lipinski definition) is 2. The van der Waals surface area contributed by atoms with Crippen molar-refractivity contribution in [3.63, 3.8) is 0 Å². The Balaban J connectivity index is 0.00000480. The second-order valence-corrected chi connectivity index (χ2v) is 6.52. The van der Waals surface area contributed by atoms with Gasteiger partial charge in [0.25, 0.3) is 0 Å². The predicted octanol–water partition coefficient (Wildman–Crippen LogP) is 4.49. The van der Waals surface area contributed by atoms with E-state index >= 15 is 0 Å². The van der Waals surface area contributed by atoms with Crippen molar-refractivity contribution in [1.29, 1.82) is 0 Å². The van der Waals surface area contributed by atoms with Crippen molar-refractivity contribution >= 4 is 29.9 Å². The smallest absolute Gasteiger partial charge is 0.387 e. The van der Waals surface area contributed by atoms with E-state index in [1.807, 2.05) is 44.2 Å². The Labute approximate surface area is 199 Å². The molecular formula is C22H30F2IN3O3. The van der Waals surface area contributed by atoms with Gasteiger partial charge in [0.15, 0.2) is 5.96 Å². The Bertz CT molecular complexity index is 805. The Morgan fingerprint density at radius 2 is 1.81 bits per heavy atom. The summed E-state index contributed by atoms with van der Waals surface area (Å²) in [6.07, 6.45) is 0. The lowest BCUT2D eigenvalue weighted by molar-refractivity contribution is -0.0504. The second-order valence-electron chi connectivity index (χ2n) is 6.52. The summed E-state index contributed by atoms with van der Waals surface area (Å²) in [5, 5.41) is 6.32. The SMILES string of the molecule is CCNC(=NCc1ccc(OCCOC)cc1)NCc1cc(C)ccc1OC(F)F.I. The van der Waals surface area contributed by atoms with E-state index < -0.39 is 6.61 Å². The van der Waals surface area contributed by atoms with Crippen LogP contribution in [0.1, 0.15) is 23.6 Å². The molecule has 0 aliphatic heterocycles. The van der Waals surface area contributed by atoms with Gasteiger partial charge in [0, 0.05) is 25.8 Å². The molecule has 0 atom stereocenters. The van der Waals surface area contributed by atoms with Gasteiger partial charge >= 0.3 is 6.61 Å². The molecule has 31 heavy (non-hydrogen) atoms. The molecule has 0 aliphatic rings. The summed E-state index contributed by atoms with van der Waals surface area (Å²) in [6, 6.07) is 12.8. The van der Waals surface area contributed by atoms with E-state index in [1.165, 1.54) is 0 Å². The zero-order chi connectivity index (χ0) is 21.8. The molecule has 2 aromatic rings. The van der Waals surface area contributed by atoms with Crippen LogP contribution in [0.2, 0.25) is 0 Å². The molecule has 2 aromatic carbocycles. The van der Waals surface area contributed by atoms with Gasteiger partial charge in [-0.2, -0.15) is 8.78 Å². The van der Waals surface area contributed by atoms with Crippen LogP contribution in [0.5, 0.6) is 11.5 Å². The number of nitrogens with zero attached hydrogens (tertiary/aromatic N) is 1. The Morgan fingerprint density at radius 3 is 2.45 bits per heavy atom. The van der Waals surface area contributed by atoms with Crippen molar-refractivity contribution in [3.8, 4) is 11.5 Å². The van der Waals surface area contributed by atoms with Gasteiger partial charge in [-0.25, -0.2) is 4.99 Å². The molecule has 0 radical (unpaired) electrons. The molecule has 0 bridgehead atoms. The van der Waals surface area contributed by atoms with Crippen molar-refractivity contribution in [2.45, 2.75) is 33.5 Å². The van der Waals surface area contributed by atoms with Gasteiger partial charge in [0.2, 0.25) is 0 Å². The van der Waals surface area contributed by atoms with E-state index in [1.54, 1.807) is 19.2 Å². The predicted molar refractivity (Wildman–Crippen MR) is 129 cm³/mol. The molecule has 0 aliphatic carbocycles. The van der Waals surface area contributed by atoms with Crippen LogP contribution < -0.4 is 20.1 Å². The van der Waals surface area contributed by atoms with Crippen molar-refractivity contribution in [2.75, 3.05) is 26.9 Å². The van der Waals surface area contributed by atoms with E-state index in [9.17, 15) is 8.78 Å². The lowest BCUT2D eigenvalue weighted by Gasteiger charge is -2.15. The molecule has 0 aromatic heterocycles. The average Bonchev–Trinajstić information content (AvgIpc) is 2.72. The van der Waals surface area contributed by atoms with Crippen LogP contribution in [0.25, 0.3) is 0 Å². The third-order valence-corrected chi connectivity index (χ3v) is 4.12. The summed E-state index contributed by atoms with van der Waals surface area (Å²) in [4.78, 5) is 4.56. The van der Waals surface area contributed by atoms with Crippen LogP contribution in [-0.2, 0) is 17.8 Å². The van der Waals surface area contributed by atoms with E-state index in [0.29, 0.717) is 44.4 Å². The molecule has 0 fully saturated rings. The fraction of sp³-hybridized carbons (Fsp3) is 0.409. The van der Waals surface area contributed by atoms with Crippen LogP contribution in [0, 0.1) is 6.92 Å². The first-order valence-electron chi connectivity index (χ1n) is 9.79. The number of ether oxygens (including phenoxy) is 3. The third kappa shape index (κ3) is 10.1. The molecule has 0 unspecified atom stereocenters. The molecule has 172 valence electrons. The summed E-state index contributed by atoms with van der Waals surface area (Å²) in [5.41, 5.74) is 2.62.